The fourth-order valence-electron chi connectivity index (χ4n) is 4.95. The van der Waals surface area contributed by atoms with Crippen molar-refractivity contribution in [1.29, 1.82) is 0 Å². The van der Waals surface area contributed by atoms with Gasteiger partial charge in [0.2, 0.25) is 0 Å². The predicted molar refractivity (Wildman–Crippen MR) is 106 cm³/mol. The summed E-state index contributed by atoms with van der Waals surface area (Å²) in [4.78, 5) is 15.4. The molecule has 0 radical (unpaired) electrons. The summed E-state index contributed by atoms with van der Waals surface area (Å²) in [5.74, 6) is 1.21. The Hall–Kier alpha value is -1.42. The molecule has 5 atom stereocenters. The minimum absolute atomic E-state index is 0.0300. The summed E-state index contributed by atoms with van der Waals surface area (Å²) in [6.07, 6.45) is 4.27. The van der Waals surface area contributed by atoms with Gasteiger partial charge in [-0.05, 0) is 74.2 Å². The second-order valence-electron chi connectivity index (χ2n) is 9.12. The standard InChI is InChI=1S/C23H34FNO2/c1-15(2)19-10-5-16(3)13-22(19)27-23(26)21-14-25(4)12-11-20(21)17-6-8-18(24)9-7-17/h6-9,15-16,19-22H,5,10-14H2,1-4H3/t16-,19+,20+,21+,22+/m0/s1. The second kappa shape index (κ2) is 8.72. The molecule has 1 aromatic rings. The van der Waals surface area contributed by atoms with E-state index in [1.807, 2.05) is 12.1 Å². The molecule has 27 heavy (non-hydrogen) atoms. The van der Waals surface area contributed by atoms with Gasteiger partial charge < -0.3 is 9.64 Å². The van der Waals surface area contributed by atoms with E-state index in [4.69, 9.17) is 4.74 Å². The van der Waals surface area contributed by atoms with Gasteiger partial charge in [-0.25, -0.2) is 4.39 Å². The fraction of sp³-hybridized carbons (Fsp3) is 0.696. The molecule has 0 N–H and O–H groups in total. The SMILES string of the molecule is CC(C)[C@H]1CC[C@H](C)C[C@H]1OC(=O)[C@@H]1CN(C)CC[C@@H]1c1ccc(F)cc1. The molecular weight excluding hydrogens is 341 g/mol. The lowest BCUT2D eigenvalue weighted by Crippen LogP contribution is -2.44. The quantitative estimate of drug-likeness (QED) is 0.704. The molecular formula is C23H34FNO2. The molecule has 0 amide bonds. The third-order valence-corrected chi connectivity index (χ3v) is 6.65. The van der Waals surface area contributed by atoms with E-state index < -0.39 is 0 Å². The highest BCUT2D eigenvalue weighted by molar-refractivity contribution is 5.74. The molecule has 0 unspecified atom stereocenters. The molecule has 1 aliphatic carbocycles. The van der Waals surface area contributed by atoms with E-state index in [-0.39, 0.29) is 29.7 Å². The summed E-state index contributed by atoms with van der Waals surface area (Å²) in [6, 6.07) is 6.64. The maximum atomic E-state index is 13.3. The normalized spacial score (nSPS) is 32.4. The Morgan fingerprint density at radius 1 is 1.19 bits per heavy atom. The number of hydrogen-bond donors (Lipinski definition) is 0. The number of esters is 1. The smallest absolute Gasteiger partial charge is 0.311 e. The minimum atomic E-state index is -0.234. The largest absolute Gasteiger partial charge is 0.462 e. The van der Waals surface area contributed by atoms with Gasteiger partial charge in [0, 0.05) is 6.54 Å². The Balaban J connectivity index is 1.75. The molecule has 1 aliphatic heterocycles. The first-order valence-corrected chi connectivity index (χ1v) is 10.5. The summed E-state index contributed by atoms with van der Waals surface area (Å²) in [5.41, 5.74) is 1.05. The lowest BCUT2D eigenvalue weighted by Gasteiger charge is -2.40. The lowest BCUT2D eigenvalue weighted by molar-refractivity contribution is -0.163. The van der Waals surface area contributed by atoms with Gasteiger partial charge in [0.15, 0.2) is 0 Å². The van der Waals surface area contributed by atoms with Crippen molar-refractivity contribution >= 4 is 5.97 Å². The van der Waals surface area contributed by atoms with Crippen molar-refractivity contribution < 1.29 is 13.9 Å². The van der Waals surface area contributed by atoms with Gasteiger partial charge in [-0.1, -0.05) is 39.3 Å². The highest BCUT2D eigenvalue weighted by Crippen LogP contribution is 2.38. The van der Waals surface area contributed by atoms with Crippen LogP contribution in [-0.4, -0.2) is 37.1 Å². The molecule has 1 saturated carbocycles. The van der Waals surface area contributed by atoms with Crippen LogP contribution in [0.2, 0.25) is 0 Å². The van der Waals surface area contributed by atoms with Crippen LogP contribution >= 0.6 is 0 Å². The van der Waals surface area contributed by atoms with Crippen molar-refractivity contribution in [2.45, 2.75) is 58.5 Å². The highest BCUT2D eigenvalue weighted by Gasteiger charge is 2.39. The van der Waals surface area contributed by atoms with Crippen molar-refractivity contribution in [3.63, 3.8) is 0 Å². The molecule has 1 saturated heterocycles. The Morgan fingerprint density at radius 2 is 1.89 bits per heavy atom. The van der Waals surface area contributed by atoms with Crippen molar-refractivity contribution in [2.24, 2.45) is 23.7 Å². The van der Waals surface area contributed by atoms with Crippen LogP contribution in [0.1, 0.15) is 57.9 Å². The third-order valence-electron chi connectivity index (χ3n) is 6.65. The zero-order valence-electron chi connectivity index (χ0n) is 17.2. The van der Waals surface area contributed by atoms with Crippen molar-refractivity contribution in [3.05, 3.63) is 35.6 Å². The monoisotopic (exact) mass is 375 g/mol. The van der Waals surface area contributed by atoms with Gasteiger partial charge in [-0.2, -0.15) is 0 Å². The summed E-state index contributed by atoms with van der Waals surface area (Å²) >= 11 is 0. The van der Waals surface area contributed by atoms with E-state index in [1.165, 1.54) is 18.6 Å². The molecule has 1 aromatic carbocycles. The average molecular weight is 376 g/mol. The third kappa shape index (κ3) is 4.90. The maximum Gasteiger partial charge on any atom is 0.311 e. The molecule has 4 heteroatoms. The summed E-state index contributed by atoms with van der Waals surface area (Å²) in [7, 11) is 2.06. The first kappa shape index (κ1) is 20.3. The molecule has 0 bridgehead atoms. The van der Waals surface area contributed by atoms with Gasteiger partial charge >= 0.3 is 5.97 Å². The minimum Gasteiger partial charge on any atom is -0.462 e. The molecule has 2 aliphatic rings. The number of rotatable bonds is 4. The van der Waals surface area contributed by atoms with Gasteiger partial charge in [-0.15, -0.1) is 0 Å². The molecule has 2 fully saturated rings. The summed E-state index contributed by atoms with van der Waals surface area (Å²) in [5, 5.41) is 0. The topological polar surface area (TPSA) is 29.5 Å². The summed E-state index contributed by atoms with van der Waals surface area (Å²) < 4.78 is 19.5. The van der Waals surface area contributed by atoms with Crippen molar-refractivity contribution in [3.8, 4) is 0 Å². The molecule has 0 aromatic heterocycles. The van der Waals surface area contributed by atoms with Crippen LogP contribution in [0.4, 0.5) is 4.39 Å². The molecule has 3 rings (SSSR count). The van der Waals surface area contributed by atoms with E-state index in [9.17, 15) is 9.18 Å². The van der Waals surface area contributed by atoms with Gasteiger partial charge in [0.25, 0.3) is 0 Å². The van der Waals surface area contributed by atoms with Crippen molar-refractivity contribution in [1.82, 2.24) is 4.90 Å². The average Bonchev–Trinajstić information content (AvgIpc) is 2.62. The Bertz CT molecular complexity index is 630. The fourth-order valence-corrected chi connectivity index (χ4v) is 4.95. The number of ether oxygens (including phenoxy) is 1. The van der Waals surface area contributed by atoms with Crippen LogP contribution in [0.25, 0.3) is 0 Å². The number of carbonyl (C=O) groups is 1. The van der Waals surface area contributed by atoms with Gasteiger partial charge in [-0.3, -0.25) is 4.79 Å². The Labute approximate surface area is 163 Å². The van der Waals surface area contributed by atoms with Gasteiger partial charge in [0.1, 0.15) is 11.9 Å². The highest BCUT2D eigenvalue weighted by atomic mass is 19.1. The van der Waals surface area contributed by atoms with Crippen LogP contribution in [0.15, 0.2) is 24.3 Å². The first-order chi connectivity index (χ1) is 12.8. The number of benzene rings is 1. The van der Waals surface area contributed by atoms with Gasteiger partial charge in [0.05, 0.1) is 5.92 Å². The second-order valence-corrected chi connectivity index (χ2v) is 9.12. The molecule has 3 nitrogen and oxygen atoms in total. The predicted octanol–water partition coefficient (Wildman–Crippen LogP) is 4.87. The number of nitrogens with zero attached hydrogens (tertiary/aromatic N) is 1. The van der Waals surface area contributed by atoms with Crippen LogP contribution < -0.4 is 0 Å². The zero-order valence-corrected chi connectivity index (χ0v) is 17.2. The zero-order chi connectivity index (χ0) is 19.6. The van der Waals surface area contributed by atoms with E-state index in [2.05, 4.69) is 32.7 Å². The van der Waals surface area contributed by atoms with E-state index in [1.54, 1.807) is 0 Å². The number of likely N-dealkylation sites (tertiary alicyclic amines) is 1. The first-order valence-electron chi connectivity index (χ1n) is 10.5. The van der Waals surface area contributed by atoms with E-state index in [0.29, 0.717) is 24.3 Å². The molecule has 150 valence electrons. The lowest BCUT2D eigenvalue weighted by atomic mass is 9.75. The number of halogens is 1. The van der Waals surface area contributed by atoms with E-state index in [0.717, 1.165) is 31.4 Å². The van der Waals surface area contributed by atoms with Crippen molar-refractivity contribution in [2.75, 3.05) is 20.1 Å². The molecule has 0 spiro atoms. The van der Waals surface area contributed by atoms with Crippen LogP contribution in [0.5, 0.6) is 0 Å². The van der Waals surface area contributed by atoms with Crippen LogP contribution in [-0.2, 0) is 9.53 Å². The van der Waals surface area contributed by atoms with Crippen LogP contribution in [0, 0.1) is 29.5 Å². The Kier molecular flexibility index (Phi) is 6.56. The number of carbonyl (C=O) groups excluding carboxylic acids is 1. The van der Waals surface area contributed by atoms with E-state index >= 15 is 0 Å². The molecule has 1 heterocycles. The summed E-state index contributed by atoms with van der Waals surface area (Å²) in [6.45, 7) is 8.37. The van der Waals surface area contributed by atoms with Crippen LogP contribution in [0.3, 0.4) is 0 Å². The Morgan fingerprint density at radius 3 is 2.56 bits per heavy atom. The number of piperidine rings is 1. The maximum absolute atomic E-state index is 13.3. The number of hydrogen-bond acceptors (Lipinski definition) is 3.